The maximum atomic E-state index is 13.1. The molecular formula is C18H26N2O6. The molecule has 3 aliphatic rings. The minimum absolute atomic E-state index is 0.0284. The van der Waals surface area contributed by atoms with Crippen LogP contribution in [-0.4, -0.2) is 71.3 Å². The minimum atomic E-state index is -0.559. The summed E-state index contributed by atoms with van der Waals surface area (Å²) in [6.07, 6.45) is 1.45. The molecule has 0 saturated carbocycles. The highest BCUT2D eigenvalue weighted by Gasteiger charge is 2.51. The maximum absolute atomic E-state index is 13.1. The lowest BCUT2D eigenvalue weighted by Crippen LogP contribution is -2.48. The summed E-state index contributed by atoms with van der Waals surface area (Å²) in [5.41, 5.74) is -0.415. The summed E-state index contributed by atoms with van der Waals surface area (Å²) in [6.45, 7) is 6.51. The van der Waals surface area contributed by atoms with Gasteiger partial charge in [-0.2, -0.15) is 0 Å². The van der Waals surface area contributed by atoms with E-state index in [4.69, 9.17) is 9.47 Å². The number of aliphatic hydroxyl groups is 1. The number of hydrogen-bond donors (Lipinski definition) is 1. The van der Waals surface area contributed by atoms with Gasteiger partial charge in [0.2, 0.25) is 5.91 Å². The highest BCUT2D eigenvalue weighted by Crippen LogP contribution is 2.43. The molecule has 0 aliphatic carbocycles. The van der Waals surface area contributed by atoms with Gasteiger partial charge < -0.3 is 24.4 Å². The van der Waals surface area contributed by atoms with Crippen molar-refractivity contribution >= 4 is 18.0 Å². The fourth-order valence-corrected chi connectivity index (χ4v) is 3.81. The summed E-state index contributed by atoms with van der Waals surface area (Å²) >= 11 is 0. The van der Waals surface area contributed by atoms with Crippen LogP contribution < -0.4 is 0 Å². The molecule has 3 aliphatic heterocycles. The first kappa shape index (κ1) is 18.7. The summed E-state index contributed by atoms with van der Waals surface area (Å²) in [4.78, 5) is 40.1. The Bertz CT molecular complexity index is 655. The smallest absolute Gasteiger partial charge is 0.410 e. The summed E-state index contributed by atoms with van der Waals surface area (Å²) in [7, 11) is 0. The number of amides is 2. The molecule has 1 spiro atoms. The molecule has 8 heteroatoms. The van der Waals surface area contributed by atoms with E-state index in [9.17, 15) is 19.5 Å². The van der Waals surface area contributed by atoms with Crippen LogP contribution in [0.25, 0.3) is 0 Å². The third-order valence-electron chi connectivity index (χ3n) is 5.30. The molecule has 0 aromatic rings. The van der Waals surface area contributed by atoms with Crippen LogP contribution in [0.2, 0.25) is 0 Å². The van der Waals surface area contributed by atoms with Gasteiger partial charge in [-0.15, -0.1) is 0 Å². The van der Waals surface area contributed by atoms with E-state index in [-0.39, 0.29) is 24.2 Å². The second-order valence-electron chi connectivity index (χ2n) is 8.11. The predicted molar refractivity (Wildman–Crippen MR) is 90.9 cm³/mol. The fourth-order valence-electron chi connectivity index (χ4n) is 3.81. The molecular weight excluding hydrogens is 340 g/mol. The second-order valence-corrected chi connectivity index (χ2v) is 8.11. The normalized spacial score (nSPS) is 23.1. The highest BCUT2D eigenvalue weighted by molar-refractivity contribution is 5.95. The first-order valence-electron chi connectivity index (χ1n) is 8.97. The highest BCUT2D eigenvalue weighted by atomic mass is 16.6. The van der Waals surface area contributed by atoms with Crippen molar-refractivity contribution in [2.24, 2.45) is 5.41 Å². The number of nitrogens with zero attached hydrogens (tertiary/aromatic N) is 2. The Morgan fingerprint density at radius 1 is 1.19 bits per heavy atom. The zero-order valence-corrected chi connectivity index (χ0v) is 15.5. The molecule has 0 atom stereocenters. The molecule has 144 valence electrons. The Hall–Kier alpha value is -2.09. The van der Waals surface area contributed by atoms with E-state index in [2.05, 4.69) is 0 Å². The summed E-state index contributed by atoms with van der Waals surface area (Å²) in [6, 6.07) is 0. The van der Waals surface area contributed by atoms with Crippen molar-refractivity contribution in [3.63, 3.8) is 0 Å². The third-order valence-corrected chi connectivity index (χ3v) is 5.30. The van der Waals surface area contributed by atoms with Crippen molar-refractivity contribution in [1.29, 1.82) is 0 Å². The van der Waals surface area contributed by atoms with Crippen LogP contribution in [0, 0.1) is 5.41 Å². The number of aliphatic hydroxyl groups excluding tert-OH is 1. The minimum Gasteiger partial charge on any atom is -0.456 e. The van der Waals surface area contributed by atoms with Crippen molar-refractivity contribution in [2.45, 2.75) is 45.6 Å². The lowest BCUT2D eigenvalue weighted by atomic mass is 9.77. The van der Waals surface area contributed by atoms with Crippen LogP contribution in [0.15, 0.2) is 11.3 Å². The number of piperidine rings is 1. The van der Waals surface area contributed by atoms with Gasteiger partial charge in [-0.05, 0) is 40.0 Å². The average Bonchev–Trinajstić information content (AvgIpc) is 3.07. The number of ether oxygens (including phenoxy) is 2. The van der Waals surface area contributed by atoms with Gasteiger partial charge in [0.1, 0.15) is 12.2 Å². The van der Waals surface area contributed by atoms with Crippen LogP contribution >= 0.6 is 0 Å². The molecule has 26 heavy (non-hydrogen) atoms. The van der Waals surface area contributed by atoms with Crippen molar-refractivity contribution < 1.29 is 29.0 Å². The van der Waals surface area contributed by atoms with Crippen LogP contribution in [-0.2, 0) is 19.1 Å². The molecule has 0 bridgehead atoms. The van der Waals surface area contributed by atoms with E-state index in [1.165, 1.54) is 0 Å². The van der Waals surface area contributed by atoms with Crippen molar-refractivity contribution in [3.05, 3.63) is 11.3 Å². The Kier molecular flexibility index (Phi) is 4.72. The van der Waals surface area contributed by atoms with Crippen LogP contribution in [0.4, 0.5) is 4.79 Å². The molecule has 0 aromatic carbocycles. The van der Waals surface area contributed by atoms with Gasteiger partial charge in [-0.1, -0.05) is 0 Å². The standard InChI is InChI=1S/C18H26N2O6/c1-17(2,3)26-16(24)19-7-4-18(5-8-19)6-9-20(15(18)23)13-11-25-14(22)12(13)10-21/h21H,4-11H2,1-3H3. The fraction of sp³-hybridized carbons (Fsp3) is 0.722. The average molecular weight is 366 g/mol. The topological polar surface area (TPSA) is 96.4 Å². The molecule has 3 heterocycles. The second kappa shape index (κ2) is 6.57. The van der Waals surface area contributed by atoms with E-state index in [1.807, 2.05) is 20.8 Å². The molecule has 1 N–H and O–H groups in total. The Morgan fingerprint density at radius 2 is 1.81 bits per heavy atom. The number of carbonyl (C=O) groups excluding carboxylic acids is 3. The lowest BCUT2D eigenvalue weighted by molar-refractivity contribution is -0.138. The van der Waals surface area contributed by atoms with Crippen LogP contribution in [0.5, 0.6) is 0 Å². The van der Waals surface area contributed by atoms with Gasteiger partial charge in [-0.25, -0.2) is 9.59 Å². The monoisotopic (exact) mass is 366 g/mol. The maximum Gasteiger partial charge on any atom is 0.410 e. The number of esters is 1. The number of carbonyl (C=O) groups is 3. The van der Waals surface area contributed by atoms with E-state index in [0.717, 1.165) is 0 Å². The van der Waals surface area contributed by atoms with Crippen molar-refractivity contribution in [3.8, 4) is 0 Å². The molecule has 0 unspecified atom stereocenters. The number of hydrogen-bond acceptors (Lipinski definition) is 6. The van der Waals surface area contributed by atoms with Gasteiger partial charge >= 0.3 is 12.1 Å². The predicted octanol–water partition coefficient (Wildman–Crippen LogP) is 1.04. The van der Waals surface area contributed by atoms with E-state index < -0.39 is 23.6 Å². The van der Waals surface area contributed by atoms with E-state index in [0.29, 0.717) is 44.6 Å². The van der Waals surface area contributed by atoms with Gasteiger partial charge in [-0.3, -0.25) is 4.79 Å². The van der Waals surface area contributed by atoms with Crippen molar-refractivity contribution in [2.75, 3.05) is 32.8 Å². The molecule has 2 amide bonds. The molecule has 3 rings (SSSR count). The number of likely N-dealkylation sites (tertiary alicyclic amines) is 2. The van der Waals surface area contributed by atoms with E-state index >= 15 is 0 Å². The lowest BCUT2D eigenvalue weighted by Gasteiger charge is -2.38. The van der Waals surface area contributed by atoms with Gasteiger partial charge in [0.25, 0.3) is 0 Å². The Labute approximate surface area is 152 Å². The summed E-state index contributed by atoms with van der Waals surface area (Å²) < 4.78 is 10.4. The zero-order valence-electron chi connectivity index (χ0n) is 15.5. The summed E-state index contributed by atoms with van der Waals surface area (Å²) in [5.74, 6) is -0.600. The number of rotatable bonds is 2. The van der Waals surface area contributed by atoms with Crippen molar-refractivity contribution in [1.82, 2.24) is 9.80 Å². The quantitative estimate of drug-likeness (QED) is 0.734. The third kappa shape index (κ3) is 3.30. The summed E-state index contributed by atoms with van der Waals surface area (Å²) in [5, 5.41) is 9.39. The Balaban J connectivity index is 1.67. The molecule has 2 saturated heterocycles. The van der Waals surface area contributed by atoms with E-state index in [1.54, 1.807) is 9.80 Å². The van der Waals surface area contributed by atoms with Gasteiger partial charge in [0.05, 0.1) is 23.3 Å². The van der Waals surface area contributed by atoms with Crippen LogP contribution in [0.3, 0.4) is 0 Å². The first-order valence-corrected chi connectivity index (χ1v) is 8.97. The van der Waals surface area contributed by atoms with Gasteiger partial charge in [0.15, 0.2) is 0 Å². The Morgan fingerprint density at radius 3 is 2.38 bits per heavy atom. The first-order chi connectivity index (χ1) is 12.2. The molecule has 0 aromatic heterocycles. The molecule has 2 fully saturated rings. The zero-order chi connectivity index (χ0) is 19.1. The largest absolute Gasteiger partial charge is 0.456 e. The molecule has 0 radical (unpaired) electrons. The van der Waals surface area contributed by atoms with Gasteiger partial charge in [0, 0.05) is 19.6 Å². The molecule has 8 nitrogen and oxygen atoms in total. The SMILES string of the molecule is CC(C)(C)OC(=O)N1CCC2(CC1)CCN(C1=C(CO)C(=O)OC1)C2=O. The van der Waals surface area contributed by atoms with Crippen LogP contribution in [0.1, 0.15) is 40.0 Å². The number of cyclic esters (lactones) is 1.